The van der Waals surface area contributed by atoms with Crippen molar-refractivity contribution in [3.63, 3.8) is 0 Å². The van der Waals surface area contributed by atoms with Gasteiger partial charge in [0.15, 0.2) is 6.61 Å². The molecule has 1 unspecified atom stereocenters. The van der Waals surface area contributed by atoms with Crippen molar-refractivity contribution in [3.8, 4) is 5.75 Å². The number of aliphatic carboxylic acids is 1. The Labute approximate surface area is 133 Å². The maximum atomic E-state index is 11.4. The molecule has 2 aliphatic rings. The number of carbonyl (C=O) groups excluding carboxylic acids is 1. The number of anilines is 1. The van der Waals surface area contributed by atoms with Crippen LogP contribution in [0.4, 0.5) is 5.69 Å². The van der Waals surface area contributed by atoms with E-state index in [1.54, 1.807) is 18.2 Å². The molecule has 3 N–H and O–H groups in total. The molecule has 1 aromatic carbocycles. The number of aliphatic hydroxyl groups excluding tert-OH is 1. The van der Waals surface area contributed by atoms with Gasteiger partial charge < -0.3 is 25.2 Å². The zero-order chi connectivity index (χ0) is 16.4. The van der Waals surface area contributed by atoms with Crippen molar-refractivity contribution < 1.29 is 24.5 Å². The minimum absolute atomic E-state index is 0.00736. The molecule has 7 heteroatoms. The Morgan fingerprint density at radius 3 is 2.83 bits per heavy atom. The van der Waals surface area contributed by atoms with E-state index in [-0.39, 0.29) is 18.4 Å². The molecule has 2 heterocycles. The summed E-state index contributed by atoms with van der Waals surface area (Å²) in [5.74, 6) is -0.627. The molecule has 7 nitrogen and oxygen atoms in total. The molecule has 1 fully saturated rings. The van der Waals surface area contributed by atoms with E-state index in [0.717, 1.165) is 0 Å². The number of benzene rings is 1. The average Bonchev–Trinajstić information content (AvgIpc) is 2.54. The number of hydrogen-bond acceptors (Lipinski definition) is 5. The van der Waals surface area contributed by atoms with Gasteiger partial charge >= 0.3 is 5.97 Å². The highest BCUT2D eigenvalue weighted by Gasteiger charge is 2.26. The largest absolute Gasteiger partial charge is 0.482 e. The standard InChI is InChI=1S/C16H20N2O5/c19-13(8-18-5-3-10(4-6-18)16(21)22)11-1-2-14-12(7-11)17-15(20)9-23-14/h1-2,7,10,13,19H,3-6,8-9H2,(H,17,20)(H,21,22). The number of nitrogens with zero attached hydrogens (tertiary/aromatic N) is 1. The molecule has 0 bridgehead atoms. The zero-order valence-corrected chi connectivity index (χ0v) is 12.7. The van der Waals surface area contributed by atoms with E-state index in [4.69, 9.17) is 9.84 Å². The summed E-state index contributed by atoms with van der Waals surface area (Å²) < 4.78 is 5.29. The number of nitrogens with one attached hydrogen (secondary N) is 1. The first-order chi connectivity index (χ1) is 11.0. The second kappa shape index (κ2) is 6.55. The van der Waals surface area contributed by atoms with E-state index in [9.17, 15) is 14.7 Å². The molecule has 1 amide bonds. The van der Waals surface area contributed by atoms with Crippen molar-refractivity contribution in [2.45, 2.75) is 18.9 Å². The number of rotatable bonds is 4. The minimum Gasteiger partial charge on any atom is -0.482 e. The van der Waals surface area contributed by atoms with Gasteiger partial charge in [-0.15, -0.1) is 0 Å². The molecule has 3 rings (SSSR count). The molecule has 0 saturated carbocycles. The summed E-state index contributed by atoms with van der Waals surface area (Å²) in [7, 11) is 0. The van der Waals surface area contributed by atoms with Crippen LogP contribution in [0.2, 0.25) is 0 Å². The predicted octanol–water partition coefficient (Wildman–Crippen LogP) is 0.847. The number of carboxylic acid groups (broad SMARTS) is 1. The fourth-order valence-electron chi connectivity index (χ4n) is 3.02. The summed E-state index contributed by atoms with van der Waals surface area (Å²) in [5, 5.41) is 22.1. The molecule has 0 spiro atoms. The molecule has 2 aliphatic heterocycles. The Hall–Kier alpha value is -2.12. The Bertz CT molecular complexity index is 610. The normalized spacial score (nSPS) is 20.3. The van der Waals surface area contributed by atoms with Crippen LogP contribution in [-0.4, -0.2) is 53.2 Å². The first kappa shape index (κ1) is 15.8. The second-order valence-electron chi connectivity index (χ2n) is 6.02. The van der Waals surface area contributed by atoms with Crippen LogP contribution in [-0.2, 0) is 9.59 Å². The highest BCUT2D eigenvalue weighted by atomic mass is 16.5. The Balaban J connectivity index is 1.61. The van der Waals surface area contributed by atoms with Gasteiger partial charge in [-0.1, -0.05) is 6.07 Å². The lowest BCUT2D eigenvalue weighted by molar-refractivity contribution is -0.143. The molecule has 0 aliphatic carbocycles. The highest BCUT2D eigenvalue weighted by molar-refractivity contribution is 5.95. The van der Waals surface area contributed by atoms with Crippen LogP contribution >= 0.6 is 0 Å². The van der Waals surface area contributed by atoms with Gasteiger partial charge in [0, 0.05) is 6.54 Å². The van der Waals surface area contributed by atoms with Crippen LogP contribution in [0.15, 0.2) is 18.2 Å². The first-order valence-corrected chi connectivity index (χ1v) is 7.73. The summed E-state index contributed by atoms with van der Waals surface area (Å²) >= 11 is 0. The SMILES string of the molecule is O=C1COc2ccc(C(O)CN3CCC(C(=O)O)CC3)cc2N1. The van der Waals surface area contributed by atoms with E-state index in [2.05, 4.69) is 10.2 Å². The van der Waals surface area contributed by atoms with Crippen molar-refractivity contribution >= 4 is 17.6 Å². The third kappa shape index (κ3) is 3.62. The van der Waals surface area contributed by atoms with Crippen LogP contribution < -0.4 is 10.1 Å². The van der Waals surface area contributed by atoms with Gasteiger partial charge in [-0.2, -0.15) is 0 Å². The number of likely N-dealkylation sites (tertiary alicyclic amines) is 1. The number of piperidine rings is 1. The van der Waals surface area contributed by atoms with Gasteiger partial charge in [-0.3, -0.25) is 9.59 Å². The molecular weight excluding hydrogens is 300 g/mol. The minimum atomic E-state index is -0.740. The van der Waals surface area contributed by atoms with E-state index in [0.29, 0.717) is 49.5 Å². The number of hydrogen-bond donors (Lipinski definition) is 3. The summed E-state index contributed by atoms with van der Waals surface area (Å²) in [4.78, 5) is 24.4. The van der Waals surface area contributed by atoms with Crippen molar-refractivity contribution in [2.24, 2.45) is 5.92 Å². The number of carboxylic acids is 1. The van der Waals surface area contributed by atoms with Gasteiger partial charge in [0.1, 0.15) is 5.75 Å². The number of fused-ring (bicyclic) bond motifs is 1. The highest BCUT2D eigenvalue weighted by Crippen LogP contribution is 2.31. The van der Waals surface area contributed by atoms with E-state index in [1.807, 2.05) is 0 Å². The van der Waals surface area contributed by atoms with Crippen LogP contribution in [0.1, 0.15) is 24.5 Å². The van der Waals surface area contributed by atoms with Crippen molar-refractivity contribution in [3.05, 3.63) is 23.8 Å². The van der Waals surface area contributed by atoms with Crippen LogP contribution in [0.5, 0.6) is 5.75 Å². The van der Waals surface area contributed by atoms with Gasteiger partial charge in [0.25, 0.3) is 5.91 Å². The summed E-state index contributed by atoms with van der Waals surface area (Å²) in [5.41, 5.74) is 1.28. The average molecular weight is 320 g/mol. The number of amides is 1. The second-order valence-corrected chi connectivity index (χ2v) is 6.02. The van der Waals surface area contributed by atoms with Crippen LogP contribution in [0.25, 0.3) is 0 Å². The lowest BCUT2D eigenvalue weighted by Crippen LogP contribution is -2.38. The van der Waals surface area contributed by atoms with E-state index in [1.165, 1.54) is 0 Å². The quantitative estimate of drug-likeness (QED) is 0.760. The lowest BCUT2D eigenvalue weighted by atomic mass is 9.96. The smallest absolute Gasteiger partial charge is 0.306 e. The molecule has 1 aromatic rings. The topological polar surface area (TPSA) is 99.1 Å². The van der Waals surface area contributed by atoms with Gasteiger partial charge in [-0.25, -0.2) is 0 Å². The molecule has 0 aromatic heterocycles. The van der Waals surface area contributed by atoms with Crippen molar-refractivity contribution in [1.29, 1.82) is 0 Å². The summed E-state index contributed by atoms with van der Waals surface area (Å²) in [6.07, 6.45) is 0.521. The molecule has 1 atom stereocenters. The fraction of sp³-hybridized carbons (Fsp3) is 0.500. The Kier molecular flexibility index (Phi) is 4.49. The summed E-state index contributed by atoms with van der Waals surface area (Å²) in [6, 6.07) is 5.25. The number of aliphatic hydroxyl groups is 1. The number of β-amino-alcohol motifs (C(OH)–C–C–N with tert-alkyl or cyclic N) is 1. The zero-order valence-electron chi connectivity index (χ0n) is 12.7. The fourth-order valence-corrected chi connectivity index (χ4v) is 3.02. The number of carbonyl (C=O) groups is 2. The first-order valence-electron chi connectivity index (χ1n) is 7.73. The lowest BCUT2D eigenvalue weighted by Gasteiger charge is -2.31. The van der Waals surface area contributed by atoms with Gasteiger partial charge in [-0.05, 0) is 43.6 Å². The van der Waals surface area contributed by atoms with Crippen molar-refractivity contribution in [1.82, 2.24) is 4.90 Å². The van der Waals surface area contributed by atoms with E-state index < -0.39 is 12.1 Å². The molecule has 1 saturated heterocycles. The van der Waals surface area contributed by atoms with Gasteiger partial charge in [0.05, 0.1) is 17.7 Å². The molecular formula is C16H20N2O5. The Morgan fingerprint density at radius 2 is 2.13 bits per heavy atom. The van der Waals surface area contributed by atoms with Crippen molar-refractivity contribution in [2.75, 3.05) is 31.6 Å². The predicted molar refractivity (Wildman–Crippen MR) is 82.3 cm³/mol. The van der Waals surface area contributed by atoms with E-state index >= 15 is 0 Å². The third-order valence-electron chi connectivity index (χ3n) is 4.39. The monoisotopic (exact) mass is 320 g/mol. The molecule has 124 valence electrons. The van der Waals surface area contributed by atoms with Crippen LogP contribution in [0.3, 0.4) is 0 Å². The maximum absolute atomic E-state index is 11.4. The molecule has 23 heavy (non-hydrogen) atoms. The maximum Gasteiger partial charge on any atom is 0.306 e. The van der Waals surface area contributed by atoms with Crippen LogP contribution in [0, 0.1) is 5.92 Å². The Morgan fingerprint density at radius 1 is 1.39 bits per heavy atom. The third-order valence-corrected chi connectivity index (χ3v) is 4.39. The molecule has 0 radical (unpaired) electrons. The van der Waals surface area contributed by atoms with Gasteiger partial charge in [0.2, 0.25) is 0 Å². The summed E-state index contributed by atoms with van der Waals surface area (Å²) in [6.45, 7) is 1.78. The number of ether oxygens (including phenoxy) is 1.